The van der Waals surface area contributed by atoms with E-state index in [-0.39, 0.29) is 17.5 Å². The molecule has 3 aromatic rings. The third kappa shape index (κ3) is 5.87. The van der Waals surface area contributed by atoms with Crippen LogP contribution in [-0.2, 0) is 11.3 Å². The highest BCUT2D eigenvalue weighted by Crippen LogP contribution is 2.17. The molecule has 29 heavy (non-hydrogen) atoms. The molecular formula is C22H23N5O2. The van der Waals surface area contributed by atoms with Crippen LogP contribution in [0.3, 0.4) is 0 Å². The van der Waals surface area contributed by atoms with E-state index in [2.05, 4.69) is 38.1 Å². The molecule has 0 saturated carbocycles. The van der Waals surface area contributed by atoms with Crippen molar-refractivity contribution in [2.24, 2.45) is 0 Å². The zero-order valence-corrected chi connectivity index (χ0v) is 16.6. The Balaban J connectivity index is 1.70. The van der Waals surface area contributed by atoms with Crippen LogP contribution in [0, 0.1) is 13.8 Å². The van der Waals surface area contributed by atoms with Crippen LogP contribution >= 0.6 is 0 Å². The van der Waals surface area contributed by atoms with Crippen molar-refractivity contribution in [2.75, 3.05) is 16.0 Å². The highest BCUT2D eigenvalue weighted by molar-refractivity contribution is 6.03. The Labute approximate surface area is 169 Å². The first-order chi connectivity index (χ1) is 13.9. The zero-order chi connectivity index (χ0) is 20.8. The Morgan fingerprint density at radius 1 is 0.897 bits per heavy atom. The number of nitrogens with one attached hydrogen (secondary N) is 3. The Hall–Kier alpha value is -3.74. The largest absolute Gasteiger partial charge is 0.366 e. The van der Waals surface area contributed by atoms with Crippen LogP contribution in [0.2, 0.25) is 0 Å². The summed E-state index contributed by atoms with van der Waals surface area (Å²) in [7, 11) is 0. The molecule has 1 aromatic heterocycles. The van der Waals surface area contributed by atoms with Crippen LogP contribution in [0.5, 0.6) is 0 Å². The first kappa shape index (κ1) is 20.0. The van der Waals surface area contributed by atoms with Crippen LogP contribution in [0.25, 0.3) is 0 Å². The number of carbonyl (C=O) groups is 2. The van der Waals surface area contributed by atoms with Crippen LogP contribution in [0.4, 0.5) is 17.2 Å². The van der Waals surface area contributed by atoms with Crippen molar-refractivity contribution < 1.29 is 9.59 Å². The van der Waals surface area contributed by atoms with Crippen molar-refractivity contribution in [2.45, 2.75) is 27.3 Å². The lowest BCUT2D eigenvalue weighted by Gasteiger charge is -2.10. The quantitative estimate of drug-likeness (QED) is 0.594. The van der Waals surface area contributed by atoms with Gasteiger partial charge in [-0.15, -0.1) is 0 Å². The topological polar surface area (TPSA) is 96.0 Å². The van der Waals surface area contributed by atoms with E-state index in [0.29, 0.717) is 29.6 Å². The lowest BCUT2D eigenvalue weighted by Crippen LogP contribution is -2.16. The molecule has 2 aromatic carbocycles. The van der Waals surface area contributed by atoms with E-state index >= 15 is 0 Å². The number of benzene rings is 2. The Morgan fingerprint density at radius 2 is 1.59 bits per heavy atom. The summed E-state index contributed by atoms with van der Waals surface area (Å²) in [5.41, 5.74) is 3.75. The SMILES string of the molecule is CC(=O)Nc1cccc(NC(=O)c2cc(NCc3ccc(C)cc3)nc(C)n2)c1. The monoisotopic (exact) mass is 389 g/mol. The predicted molar refractivity (Wildman–Crippen MR) is 114 cm³/mol. The highest BCUT2D eigenvalue weighted by Gasteiger charge is 2.11. The molecule has 0 atom stereocenters. The van der Waals surface area contributed by atoms with Gasteiger partial charge in [-0.2, -0.15) is 0 Å². The molecule has 0 spiro atoms. The summed E-state index contributed by atoms with van der Waals surface area (Å²) >= 11 is 0. The van der Waals surface area contributed by atoms with Gasteiger partial charge in [0.2, 0.25) is 5.91 Å². The van der Waals surface area contributed by atoms with Gasteiger partial charge in [-0.3, -0.25) is 9.59 Å². The van der Waals surface area contributed by atoms with Crippen molar-refractivity contribution in [3.63, 3.8) is 0 Å². The number of carbonyl (C=O) groups excluding carboxylic acids is 2. The minimum Gasteiger partial charge on any atom is -0.366 e. The van der Waals surface area contributed by atoms with E-state index in [1.807, 2.05) is 19.1 Å². The number of anilines is 3. The van der Waals surface area contributed by atoms with Crippen molar-refractivity contribution in [3.8, 4) is 0 Å². The average molecular weight is 389 g/mol. The van der Waals surface area contributed by atoms with E-state index in [1.165, 1.54) is 12.5 Å². The molecule has 148 valence electrons. The van der Waals surface area contributed by atoms with E-state index in [9.17, 15) is 9.59 Å². The second kappa shape index (κ2) is 8.97. The number of hydrogen-bond acceptors (Lipinski definition) is 5. The maximum absolute atomic E-state index is 12.6. The van der Waals surface area contributed by atoms with Crippen molar-refractivity contribution in [1.82, 2.24) is 9.97 Å². The minimum atomic E-state index is -0.353. The molecule has 7 heteroatoms. The Morgan fingerprint density at radius 3 is 2.28 bits per heavy atom. The predicted octanol–water partition coefficient (Wildman–Crippen LogP) is 3.92. The Bertz CT molecular complexity index is 1030. The molecule has 0 unspecified atom stereocenters. The van der Waals surface area contributed by atoms with Gasteiger partial charge < -0.3 is 16.0 Å². The third-order valence-electron chi connectivity index (χ3n) is 4.11. The van der Waals surface area contributed by atoms with Crippen molar-refractivity contribution in [3.05, 3.63) is 77.2 Å². The number of rotatable bonds is 6. The van der Waals surface area contributed by atoms with Gasteiger partial charge in [0.15, 0.2) is 0 Å². The van der Waals surface area contributed by atoms with E-state index < -0.39 is 0 Å². The van der Waals surface area contributed by atoms with Gasteiger partial charge in [-0.1, -0.05) is 35.9 Å². The summed E-state index contributed by atoms with van der Waals surface area (Å²) in [5.74, 6) is 0.546. The highest BCUT2D eigenvalue weighted by atomic mass is 16.2. The normalized spacial score (nSPS) is 10.3. The lowest BCUT2D eigenvalue weighted by molar-refractivity contribution is -0.114. The second-order valence-corrected chi connectivity index (χ2v) is 6.74. The summed E-state index contributed by atoms with van der Waals surface area (Å²) < 4.78 is 0. The average Bonchev–Trinajstić information content (AvgIpc) is 2.67. The lowest BCUT2D eigenvalue weighted by atomic mass is 10.1. The summed E-state index contributed by atoms with van der Waals surface area (Å²) in [6.45, 7) is 5.81. The van der Waals surface area contributed by atoms with E-state index in [1.54, 1.807) is 37.3 Å². The number of amides is 2. The van der Waals surface area contributed by atoms with E-state index in [4.69, 9.17) is 0 Å². The van der Waals surface area contributed by atoms with E-state index in [0.717, 1.165) is 5.56 Å². The first-order valence-electron chi connectivity index (χ1n) is 9.23. The molecular weight excluding hydrogens is 366 g/mol. The fourth-order valence-electron chi connectivity index (χ4n) is 2.75. The van der Waals surface area contributed by atoms with Gasteiger partial charge in [-0.25, -0.2) is 9.97 Å². The molecule has 0 aliphatic heterocycles. The molecule has 0 radical (unpaired) electrons. The molecule has 0 saturated heterocycles. The molecule has 0 aliphatic carbocycles. The fourth-order valence-corrected chi connectivity index (χ4v) is 2.75. The fraction of sp³-hybridized carbons (Fsp3) is 0.182. The number of nitrogens with zero attached hydrogens (tertiary/aromatic N) is 2. The molecule has 3 N–H and O–H groups in total. The van der Waals surface area contributed by atoms with Crippen LogP contribution in [0.1, 0.15) is 34.4 Å². The van der Waals surface area contributed by atoms with Crippen LogP contribution in [0.15, 0.2) is 54.6 Å². The smallest absolute Gasteiger partial charge is 0.274 e. The molecule has 0 aliphatic rings. The first-order valence-corrected chi connectivity index (χ1v) is 9.23. The standard InChI is InChI=1S/C22H23N5O2/c1-14-7-9-17(10-8-14)13-23-21-12-20(24-15(2)25-21)22(29)27-19-6-4-5-18(11-19)26-16(3)28/h4-12H,13H2,1-3H3,(H,26,28)(H,27,29)(H,23,24,25). The second-order valence-electron chi connectivity index (χ2n) is 6.74. The maximum Gasteiger partial charge on any atom is 0.274 e. The summed E-state index contributed by atoms with van der Waals surface area (Å²) in [5, 5.41) is 8.72. The van der Waals surface area contributed by atoms with Gasteiger partial charge in [0.1, 0.15) is 17.3 Å². The summed E-state index contributed by atoms with van der Waals surface area (Å²) in [6, 6.07) is 16.7. The molecule has 0 fully saturated rings. The maximum atomic E-state index is 12.6. The molecule has 7 nitrogen and oxygen atoms in total. The Kier molecular flexibility index (Phi) is 6.19. The van der Waals surface area contributed by atoms with Gasteiger partial charge in [0.25, 0.3) is 5.91 Å². The summed E-state index contributed by atoms with van der Waals surface area (Å²) in [6.07, 6.45) is 0. The minimum absolute atomic E-state index is 0.177. The van der Waals surface area contributed by atoms with Gasteiger partial charge in [0, 0.05) is 30.9 Å². The number of aryl methyl sites for hydroxylation is 2. The number of aromatic nitrogens is 2. The third-order valence-corrected chi connectivity index (χ3v) is 4.11. The molecule has 1 heterocycles. The van der Waals surface area contributed by atoms with Crippen molar-refractivity contribution in [1.29, 1.82) is 0 Å². The van der Waals surface area contributed by atoms with Gasteiger partial charge >= 0.3 is 0 Å². The van der Waals surface area contributed by atoms with Gasteiger partial charge in [0.05, 0.1) is 0 Å². The van der Waals surface area contributed by atoms with Crippen LogP contribution in [-0.4, -0.2) is 21.8 Å². The van der Waals surface area contributed by atoms with Crippen molar-refractivity contribution >= 4 is 29.0 Å². The zero-order valence-electron chi connectivity index (χ0n) is 16.6. The van der Waals surface area contributed by atoms with Crippen LogP contribution < -0.4 is 16.0 Å². The summed E-state index contributed by atoms with van der Waals surface area (Å²) in [4.78, 5) is 32.4. The molecule has 0 bridgehead atoms. The molecule has 2 amide bonds. The van der Waals surface area contributed by atoms with Gasteiger partial charge in [-0.05, 0) is 37.6 Å². The number of hydrogen-bond donors (Lipinski definition) is 3. The molecule has 3 rings (SSSR count).